The zero-order valence-corrected chi connectivity index (χ0v) is 15.2. The van der Waals surface area contributed by atoms with E-state index in [0.717, 1.165) is 45.6 Å². The van der Waals surface area contributed by atoms with Gasteiger partial charge < -0.3 is 20.7 Å². The predicted octanol–water partition coefficient (Wildman–Crippen LogP) is -0.198. The van der Waals surface area contributed by atoms with Crippen molar-refractivity contribution in [1.29, 1.82) is 0 Å². The van der Waals surface area contributed by atoms with Gasteiger partial charge in [-0.2, -0.15) is 0 Å². The van der Waals surface area contributed by atoms with E-state index in [4.69, 9.17) is 10.5 Å². The Morgan fingerprint density at radius 1 is 1.12 bits per heavy atom. The molecule has 3 fully saturated rings. The van der Waals surface area contributed by atoms with E-state index in [9.17, 15) is 9.59 Å². The third kappa shape index (κ3) is 4.33. The van der Waals surface area contributed by atoms with Crippen LogP contribution in [0.2, 0.25) is 0 Å². The monoisotopic (exact) mass is 352 g/mol. The summed E-state index contributed by atoms with van der Waals surface area (Å²) in [5, 5.41) is 3.07. The van der Waals surface area contributed by atoms with E-state index in [1.807, 2.05) is 4.90 Å². The van der Waals surface area contributed by atoms with Crippen LogP contribution < -0.4 is 11.1 Å². The van der Waals surface area contributed by atoms with Gasteiger partial charge in [-0.1, -0.05) is 6.42 Å². The summed E-state index contributed by atoms with van der Waals surface area (Å²) in [5.74, 6) is 0.707. The Hall–Kier alpha value is -1.18. The molecule has 2 heterocycles. The summed E-state index contributed by atoms with van der Waals surface area (Å²) in [6.07, 6.45) is 4.75. The highest BCUT2D eigenvalue weighted by molar-refractivity contribution is 5.83. The highest BCUT2D eigenvalue weighted by atomic mass is 16.5. The fourth-order valence-electron chi connectivity index (χ4n) is 3.91. The topological polar surface area (TPSA) is 87.9 Å². The summed E-state index contributed by atoms with van der Waals surface area (Å²) in [6.45, 7) is 6.48. The lowest BCUT2D eigenvalue weighted by Crippen LogP contribution is -2.53. The highest BCUT2D eigenvalue weighted by Gasteiger charge is 2.38. The molecule has 3 N–H and O–H groups in total. The summed E-state index contributed by atoms with van der Waals surface area (Å²) >= 11 is 0. The van der Waals surface area contributed by atoms with Crippen molar-refractivity contribution >= 4 is 11.8 Å². The number of nitrogens with two attached hydrogens (primary N) is 1. The van der Waals surface area contributed by atoms with E-state index in [1.165, 1.54) is 6.42 Å². The minimum absolute atomic E-state index is 0.0668. The van der Waals surface area contributed by atoms with Gasteiger partial charge in [-0.05, 0) is 25.7 Å². The molecule has 1 saturated carbocycles. The van der Waals surface area contributed by atoms with Crippen LogP contribution in [0.4, 0.5) is 0 Å². The molecular formula is C18H32N4O3. The van der Waals surface area contributed by atoms with Gasteiger partial charge in [-0.15, -0.1) is 0 Å². The molecule has 1 aliphatic carbocycles. The van der Waals surface area contributed by atoms with Crippen molar-refractivity contribution in [3.05, 3.63) is 0 Å². The SMILES string of the molecule is NCC1(C(=O)NCCN2CCN(C(=O)C3CCC3)CC2)CCOCC1. The van der Waals surface area contributed by atoms with Crippen molar-refractivity contribution in [3.8, 4) is 0 Å². The predicted molar refractivity (Wildman–Crippen MR) is 94.9 cm³/mol. The van der Waals surface area contributed by atoms with Crippen LogP contribution in [0.5, 0.6) is 0 Å². The summed E-state index contributed by atoms with van der Waals surface area (Å²) in [4.78, 5) is 29.1. The smallest absolute Gasteiger partial charge is 0.227 e. The van der Waals surface area contributed by atoms with Gasteiger partial charge in [-0.25, -0.2) is 0 Å². The fraction of sp³-hybridized carbons (Fsp3) is 0.889. The fourth-order valence-corrected chi connectivity index (χ4v) is 3.91. The first-order chi connectivity index (χ1) is 12.1. The van der Waals surface area contributed by atoms with Crippen molar-refractivity contribution in [1.82, 2.24) is 15.1 Å². The Morgan fingerprint density at radius 2 is 1.80 bits per heavy atom. The van der Waals surface area contributed by atoms with Gasteiger partial charge in [0.25, 0.3) is 0 Å². The van der Waals surface area contributed by atoms with Gasteiger partial charge in [0, 0.05) is 64.9 Å². The summed E-state index contributed by atoms with van der Waals surface area (Å²) in [5.41, 5.74) is 5.42. The van der Waals surface area contributed by atoms with Crippen LogP contribution in [0.1, 0.15) is 32.1 Å². The van der Waals surface area contributed by atoms with Gasteiger partial charge in [0.1, 0.15) is 0 Å². The number of hydrogen-bond acceptors (Lipinski definition) is 5. The maximum absolute atomic E-state index is 12.5. The normalized spacial score (nSPS) is 24.6. The molecule has 0 aromatic heterocycles. The number of carbonyl (C=O) groups excluding carboxylic acids is 2. The van der Waals surface area contributed by atoms with E-state index in [-0.39, 0.29) is 11.8 Å². The maximum atomic E-state index is 12.5. The van der Waals surface area contributed by atoms with Crippen LogP contribution in [0.3, 0.4) is 0 Å². The molecule has 2 saturated heterocycles. The lowest BCUT2D eigenvalue weighted by Gasteiger charge is -2.38. The number of amides is 2. The van der Waals surface area contributed by atoms with Crippen LogP contribution >= 0.6 is 0 Å². The lowest BCUT2D eigenvalue weighted by atomic mass is 9.79. The maximum Gasteiger partial charge on any atom is 0.227 e. The van der Waals surface area contributed by atoms with Crippen molar-refractivity contribution in [2.75, 3.05) is 59.0 Å². The molecule has 0 aromatic rings. The average Bonchev–Trinajstić information content (AvgIpc) is 2.61. The quantitative estimate of drug-likeness (QED) is 0.691. The van der Waals surface area contributed by atoms with Gasteiger partial charge in [0.15, 0.2) is 0 Å². The van der Waals surface area contributed by atoms with Crippen molar-refractivity contribution in [2.24, 2.45) is 17.1 Å². The standard InChI is InChI=1S/C18H32N4O3/c19-14-18(4-12-25-13-5-18)17(24)20-6-7-21-8-10-22(11-9-21)16(23)15-2-1-3-15/h15H,1-14,19H2,(H,20,24). The number of hydrogen-bond donors (Lipinski definition) is 2. The molecule has 2 amide bonds. The number of ether oxygens (including phenoxy) is 1. The molecule has 25 heavy (non-hydrogen) atoms. The molecule has 0 spiro atoms. The first-order valence-corrected chi connectivity index (χ1v) is 9.72. The molecule has 0 bridgehead atoms. The van der Waals surface area contributed by atoms with Crippen LogP contribution in [0, 0.1) is 11.3 Å². The van der Waals surface area contributed by atoms with E-state index in [1.54, 1.807) is 0 Å². The van der Waals surface area contributed by atoms with E-state index >= 15 is 0 Å². The minimum atomic E-state index is -0.452. The number of piperazine rings is 1. The van der Waals surface area contributed by atoms with Crippen molar-refractivity contribution in [3.63, 3.8) is 0 Å². The zero-order valence-electron chi connectivity index (χ0n) is 15.2. The Balaban J connectivity index is 1.35. The largest absolute Gasteiger partial charge is 0.381 e. The molecule has 3 rings (SSSR count). The van der Waals surface area contributed by atoms with Gasteiger partial charge in [-0.3, -0.25) is 14.5 Å². The summed E-state index contributed by atoms with van der Waals surface area (Å²) in [6, 6.07) is 0. The molecule has 0 radical (unpaired) electrons. The van der Waals surface area contributed by atoms with Crippen molar-refractivity contribution < 1.29 is 14.3 Å². The zero-order chi connectivity index (χ0) is 17.7. The van der Waals surface area contributed by atoms with E-state index in [0.29, 0.717) is 45.1 Å². The van der Waals surface area contributed by atoms with Crippen LogP contribution in [0.15, 0.2) is 0 Å². The second-order valence-corrected chi connectivity index (χ2v) is 7.65. The number of nitrogens with zero attached hydrogens (tertiary/aromatic N) is 2. The Kier molecular flexibility index (Phi) is 6.30. The number of nitrogens with one attached hydrogen (secondary N) is 1. The average molecular weight is 352 g/mol. The number of rotatable bonds is 6. The molecule has 0 unspecified atom stereocenters. The molecular weight excluding hydrogens is 320 g/mol. The van der Waals surface area contributed by atoms with Gasteiger partial charge in [0.05, 0.1) is 5.41 Å². The molecule has 7 nitrogen and oxygen atoms in total. The molecule has 0 aromatic carbocycles. The van der Waals surface area contributed by atoms with Crippen LogP contribution in [0.25, 0.3) is 0 Å². The Labute approximate surface area is 150 Å². The molecule has 142 valence electrons. The second-order valence-electron chi connectivity index (χ2n) is 7.65. The lowest BCUT2D eigenvalue weighted by molar-refractivity contribution is -0.139. The number of carbonyl (C=O) groups is 2. The van der Waals surface area contributed by atoms with Gasteiger partial charge in [0.2, 0.25) is 11.8 Å². The Morgan fingerprint density at radius 3 is 2.36 bits per heavy atom. The van der Waals surface area contributed by atoms with Crippen LogP contribution in [-0.4, -0.2) is 80.6 Å². The molecule has 0 atom stereocenters. The Bertz CT molecular complexity index is 467. The first kappa shape index (κ1) is 18.6. The summed E-state index contributed by atoms with van der Waals surface area (Å²) < 4.78 is 5.36. The molecule has 7 heteroatoms. The van der Waals surface area contributed by atoms with Crippen molar-refractivity contribution in [2.45, 2.75) is 32.1 Å². The van der Waals surface area contributed by atoms with Crippen LogP contribution in [-0.2, 0) is 14.3 Å². The van der Waals surface area contributed by atoms with Gasteiger partial charge >= 0.3 is 0 Å². The first-order valence-electron chi connectivity index (χ1n) is 9.72. The third-order valence-electron chi connectivity index (χ3n) is 6.17. The second kappa shape index (κ2) is 8.47. The molecule has 2 aliphatic heterocycles. The van der Waals surface area contributed by atoms with E-state index in [2.05, 4.69) is 10.2 Å². The molecule has 3 aliphatic rings. The highest BCUT2D eigenvalue weighted by Crippen LogP contribution is 2.30. The third-order valence-corrected chi connectivity index (χ3v) is 6.17. The summed E-state index contributed by atoms with van der Waals surface area (Å²) in [7, 11) is 0. The minimum Gasteiger partial charge on any atom is -0.381 e. The van der Waals surface area contributed by atoms with E-state index < -0.39 is 5.41 Å².